The lowest BCUT2D eigenvalue weighted by Crippen LogP contribution is -2.42. The molecule has 4 heteroatoms. The van der Waals surface area contributed by atoms with Crippen LogP contribution in [-0.2, 0) is 11.2 Å². The molecule has 90 valence electrons. The molecule has 1 fully saturated rings. The van der Waals surface area contributed by atoms with E-state index in [4.69, 9.17) is 4.74 Å². The van der Waals surface area contributed by atoms with Crippen LogP contribution >= 0.6 is 12.4 Å². The van der Waals surface area contributed by atoms with Gasteiger partial charge in [-0.1, -0.05) is 12.1 Å². The lowest BCUT2D eigenvalue weighted by Gasteiger charge is -2.24. The Balaban J connectivity index is 0.00000128. The molecule has 0 amide bonds. The summed E-state index contributed by atoms with van der Waals surface area (Å²) in [5.41, 5.74) is 0.896. The van der Waals surface area contributed by atoms with Crippen molar-refractivity contribution in [1.82, 2.24) is 5.32 Å². The van der Waals surface area contributed by atoms with Gasteiger partial charge in [-0.3, -0.25) is 5.32 Å². The summed E-state index contributed by atoms with van der Waals surface area (Å²) < 4.78 is 5.71. The molecule has 0 aliphatic carbocycles. The molecule has 1 saturated heterocycles. The highest BCUT2D eigenvalue weighted by Gasteiger charge is 2.33. The number of nitrogens with one attached hydrogen (secondary N) is 1. The molecule has 1 aliphatic rings. The van der Waals surface area contributed by atoms with E-state index < -0.39 is 0 Å². The molecule has 2 atom stereocenters. The van der Waals surface area contributed by atoms with Crippen molar-refractivity contribution in [3.05, 3.63) is 29.8 Å². The van der Waals surface area contributed by atoms with E-state index in [2.05, 4.69) is 19.2 Å². The van der Waals surface area contributed by atoms with E-state index in [-0.39, 0.29) is 18.1 Å². The molecule has 0 spiro atoms. The molecule has 1 aliphatic heterocycles. The van der Waals surface area contributed by atoms with Crippen molar-refractivity contribution in [3.8, 4) is 5.75 Å². The first-order chi connectivity index (χ1) is 7.07. The van der Waals surface area contributed by atoms with E-state index in [1.807, 2.05) is 12.1 Å². The Morgan fingerprint density at radius 3 is 2.56 bits per heavy atom. The second kappa shape index (κ2) is 5.04. The highest BCUT2D eigenvalue weighted by molar-refractivity contribution is 5.85. The third-order valence-corrected chi connectivity index (χ3v) is 2.68. The molecule has 1 heterocycles. The number of rotatable bonds is 2. The summed E-state index contributed by atoms with van der Waals surface area (Å²) in [6.45, 7) is 4.93. The van der Waals surface area contributed by atoms with Crippen LogP contribution in [0.2, 0.25) is 0 Å². The van der Waals surface area contributed by atoms with E-state index in [0.29, 0.717) is 11.8 Å². The monoisotopic (exact) mass is 243 g/mol. The largest absolute Gasteiger partial charge is 0.508 e. The fourth-order valence-corrected chi connectivity index (χ4v) is 2.02. The summed E-state index contributed by atoms with van der Waals surface area (Å²) in [4.78, 5) is 0. The van der Waals surface area contributed by atoms with Crippen LogP contribution in [0.1, 0.15) is 19.4 Å². The predicted molar refractivity (Wildman–Crippen MR) is 66.0 cm³/mol. The van der Waals surface area contributed by atoms with Gasteiger partial charge in [0.2, 0.25) is 0 Å². The van der Waals surface area contributed by atoms with Crippen LogP contribution in [0.3, 0.4) is 0 Å². The molecule has 16 heavy (non-hydrogen) atoms. The standard InChI is InChI=1S/C12H17NO2.ClH/c1-9-8-15-12(2,13-9)7-10-3-5-11(14)6-4-10;/h3-6,9,13-14H,7-8H2,1-2H3;1H. The Bertz CT molecular complexity index is 341. The highest BCUT2D eigenvalue weighted by Crippen LogP contribution is 2.21. The minimum atomic E-state index is -0.267. The second-order valence-electron chi connectivity index (χ2n) is 4.43. The van der Waals surface area contributed by atoms with Crippen molar-refractivity contribution >= 4 is 12.4 Å². The molecule has 1 aromatic rings. The van der Waals surface area contributed by atoms with E-state index in [0.717, 1.165) is 18.6 Å². The lowest BCUT2D eigenvalue weighted by molar-refractivity contribution is 0.00689. The maximum atomic E-state index is 9.18. The number of ether oxygens (including phenoxy) is 1. The summed E-state index contributed by atoms with van der Waals surface area (Å²) in [5, 5.41) is 12.6. The topological polar surface area (TPSA) is 41.5 Å². The summed E-state index contributed by atoms with van der Waals surface area (Å²) >= 11 is 0. The van der Waals surface area contributed by atoms with Crippen LogP contribution in [0.5, 0.6) is 5.75 Å². The molecule has 3 nitrogen and oxygen atoms in total. The second-order valence-corrected chi connectivity index (χ2v) is 4.43. The van der Waals surface area contributed by atoms with Crippen LogP contribution < -0.4 is 5.32 Å². The van der Waals surface area contributed by atoms with Gasteiger partial charge in [0.05, 0.1) is 6.61 Å². The first-order valence-electron chi connectivity index (χ1n) is 5.27. The van der Waals surface area contributed by atoms with Gasteiger partial charge in [-0.05, 0) is 31.5 Å². The number of halogens is 1. The Hall–Kier alpha value is -0.770. The average Bonchev–Trinajstić information content (AvgIpc) is 2.50. The minimum absolute atomic E-state index is 0. The first kappa shape index (κ1) is 13.3. The van der Waals surface area contributed by atoms with Crippen molar-refractivity contribution in [2.45, 2.75) is 32.0 Å². The SMILES string of the molecule is CC1COC(C)(Cc2ccc(O)cc2)N1.Cl. The van der Waals surface area contributed by atoms with E-state index >= 15 is 0 Å². The molecule has 0 radical (unpaired) electrons. The zero-order valence-corrected chi connectivity index (χ0v) is 10.4. The van der Waals surface area contributed by atoms with E-state index in [1.54, 1.807) is 12.1 Å². The van der Waals surface area contributed by atoms with Crippen molar-refractivity contribution in [2.24, 2.45) is 0 Å². The molecule has 0 bridgehead atoms. The number of phenolic OH excluding ortho intramolecular Hbond substituents is 1. The molecule has 0 aromatic heterocycles. The van der Waals surface area contributed by atoms with E-state index in [9.17, 15) is 5.11 Å². The van der Waals surface area contributed by atoms with Crippen LogP contribution in [0.15, 0.2) is 24.3 Å². The molecule has 0 saturated carbocycles. The fourth-order valence-electron chi connectivity index (χ4n) is 2.02. The normalized spacial score (nSPS) is 28.8. The van der Waals surface area contributed by atoms with Crippen molar-refractivity contribution < 1.29 is 9.84 Å². The molecule has 1 aromatic carbocycles. The fraction of sp³-hybridized carbons (Fsp3) is 0.500. The summed E-state index contributed by atoms with van der Waals surface area (Å²) in [6, 6.07) is 7.67. The minimum Gasteiger partial charge on any atom is -0.508 e. The number of aromatic hydroxyl groups is 1. The van der Waals surface area contributed by atoms with Crippen LogP contribution in [-0.4, -0.2) is 23.5 Å². The van der Waals surface area contributed by atoms with Crippen LogP contribution in [0, 0.1) is 0 Å². The lowest BCUT2D eigenvalue weighted by atomic mass is 10.0. The third-order valence-electron chi connectivity index (χ3n) is 2.68. The van der Waals surface area contributed by atoms with Gasteiger partial charge in [-0.15, -0.1) is 12.4 Å². The zero-order valence-electron chi connectivity index (χ0n) is 9.56. The molecule has 2 N–H and O–H groups in total. The Morgan fingerprint density at radius 2 is 2.06 bits per heavy atom. The maximum absolute atomic E-state index is 9.18. The van der Waals surface area contributed by atoms with Gasteiger partial charge in [-0.25, -0.2) is 0 Å². The number of benzene rings is 1. The smallest absolute Gasteiger partial charge is 0.120 e. The quantitative estimate of drug-likeness (QED) is 0.836. The Labute approximate surface area is 102 Å². The number of phenols is 1. The van der Waals surface area contributed by atoms with E-state index in [1.165, 1.54) is 0 Å². The average molecular weight is 244 g/mol. The van der Waals surface area contributed by atoms with Gasteiger partial charge in [0.15, 0.2) is 0 Å². The van der Waals surface area contributed by atoms with Gasteiger partial charge in [0.25, 0.3) is 0 Å². The predicted octanol–water partition coefficient (Wildman–Crippen LogP) is 2.08. The third kappa shape index (κ3) is 3.11. The first-order valence-corrected chi connectivity index (χ1v) is 5.27. The molecular weight excluding hydrogens is 226 g/mol. The van der Waals surface area contributed by atoms with Crippen molar-refractivity contribution in [2.75, 3.05) is 6.61 Å². The molecular formula is C12H18ClNO2. The highest BCUT2D eigenvalue weighted by atomic mass is 35.5. The number of hydrogen-bond donors (Lipinski definition) is 2. The number of hydrogen-bond acceptors (Lipinski definition) is 3. The van der Waals surface area contributed by atoms with Gasteiger partial charge in [-0.2, -0.15) is 0 Å². The summed E-state index contributed by atoms with van der Waals surface area (Å²) in [6.07, 6.45) is 0.817. The maximum Gasteiger partial charge on any atom is 0.120 e. The summed E-state index contributed by atoms with van der Waals surface area (Å²) in [7, 11) is 0. The zero-order chi connectivity index (χ0) is 10.9. The molecule has 2 rings (SSSR count). The Kier molecular flexibility index (Phi) is 4.19. The van der Waals surface area contributed by atoms with Gasteiger partial charge in [0, 0.05) is 12.5 Å². The van der Waals surface area contributed by atoms with Gasteiger partial charge < -0.3 is 9.84 Å². The summed E-state index contributed by atoms with van der Waals surface area (Å²) in [5.74, 6) is 0.303. The van der Waals surface area contributed by atoms with Crippen molar-refractivity contribution in [1.29, 1.82) is 0 Å². The van der Waals surface area contributed by atoms with Crippen molar-refractivity contribution in [3.63, 3.8) is 0 Å². The van der Waals surface area contributed by atoms with Crippen LogP contribution in [0.25, 0.3) is 0 Å². The van der Waals surface area contributed by atoms with Gasteiger partial charge >= 0.3 is 0 Å². The van der Waals surface area contributed by atoms with Gasteiger partial charge in [0.1, 0.15) is 11.5 Å². The Morgan fingerprint density at radius 1 is 1.44 bits per heavy atom. The molecule has 2 unspecified atom stereocenters. The van der Waals surface area contributed by atoms with Crippen LogP contribution in [0.4, 0.5) is 0 Å².